The van der Waals surface area contributed by atoms with Gasteiger partial charge in [0.15, 0.2) is 0 Å². The molecule has 1 aromatic carbocycles. The lowest BCUT2D eigenvalue weighted by Gasteiger charge is -2.18. The van der Waals surface area contributed by atoms with Crippen molar-refractivity contribution in [1.82, 2.24) is 5.32 Å². The first-order chi connectivity index (χ1) is 12.4. The number of methoxy groups -OCH3 is 1. The highest BCUT2D eigenvalue weighted by Crippen LogP contribution is 2.52. The van der Waals surface area contributed by atoms with E-state index in [2.05, 4.69) is 20.3 Å². The Hall–Kier alpha value is -2.22. The minimum absolute atomic E-state index is 0.00370. The number of carbonyl (C=O) groups excluding carboxylic acids is 2. The molecule has 1 N–H and O–H groups in total. The number of halogens is 3. The molecule has 0 aliphatic carbocycles. The number of nitrogens with zero attached hydrogens (tertiary/aromatic N) is 2. The van der Waals surface area contributed by atoms with E-state index < -0.39 is 36.9 Å². The number of nitrogens with one attached hydrogen (secondary N) is 1. The highest BCUT2D eigenvalue weighted by Gasteiger charge is 2.65. The summed E-state index contributed by atoms with van der Waals surface area (Å²) in [6.07, 6.45) is -4.84. The van der Waals surface area contributed by atoms with Crippen LogP contribution < -0.4 is 5.32 Å². The number of hydrogen-bond acceptors (Lipinski definition) is 6. The topological polar surface area (TPSA) is 97.2 Å². The predicted octanol–water partition coefficient (Wildman–Crippen LogP) is 2.69. The summed E-state index contributed by atoms with van der Waals surface area (Å²) in [4.78, 5) is 23.8. The predicted molar refractivity (Wildman–Crippen MR) is 91.0 cm³/mol. The van der Waals surface area contributed by atoms with E-state index in [0.29, 0.717) is 5.56 Å². The van der Waals surface area contributed by atoms with Crippen LogP contribution in [0.15, 0.2) is 34.5 Å². The van der Waals surface area contributed by atoms with Crippen molar-refractivity contribution in [2.24, 2.45) is 10.2 Å². The Labute approximate surface area is 153 Å². The van der Waals surface area contributed by atoms with Crippen LogP contribution in [0.2, 0.25) is 0 Å². The van der Waals surface area contributed by atoms with Crippen molar-refractivity contribution in [1.29, 1.82) is 0 Å². The molecular weight excluding hydrogens is 386 g/mol. The molecule has 1 aliphatic heterocycles. The van der Waals surface area contributed by atoms with Crippen molar-refractivity contribution < 1.29 is 32.1 Å². The quantitative estimate of drug-likeness (QED) is 0.557. The third kappa shape index (κ3) is 5.15. The van der Waals surface area contributed by atoms with E-state index in [9.17, 15) is 27.3 Å². The highest BCUT2D eigenvalue weighted by molar-refractivity contribution is 7.63. The second-order valence-electron chi connectivity index (χ2n) is 6.65. The van der Waals surface area contributed by atoms with Gasteiger partial charge in [0.1, 0.15) is 6.04 Å². The van der Waals surface area contributed by atoms with Crippen LogP contribution in [-0.2, 0) is 31.0 Å². The summed E-state index contributed by atoms with van der Waals surface area (Å²) in [5.74, 6) is -1.28. The van der Waals surface area contributed by atoms with Crippen molar-refractivity contribution in [2.75, 3.05) is 26.6 Å². The standard InChI is InChI=1S/C16H19F3N3O4P/c1-26-14(24)12(20-13(23)9-27(2,3)25)8-10-4-6-11(7-5-10)15(21-22-15)16(17,18)19/h4-7,12H,8-9H2,1-3H3,(H,20,23). The average molecular weight is 405 g/mol. The van der Waals surface area contributed by atoms with Crippen molar-refractivity contribution in [3.63, 3.8) is 0 Å². The smallest absolute Gasteiger partial charge is 0.442 e. The Bertz CT molecular complexity index is 796. The second-order valence-corrected chi connectivity index (χ2v) is 10.1. The van der Waals surface area contributed by atoms with Crippen molar-refractivity contribution in [2.45, 2.75) is 24.3 Å². The van der Waals surface area contributed by atoms with Crippen LogP contribution in [0.4, 0.5) is 13.2 Å². The first kappa shape index (κ1) is 21.1. The molecule has 0 spiro atoms. The Morgan fingerprint density at radius 3 is 2.19 bits per heavy atom. The lowest BCUT2D eigenvalue weighted by atomic mass is 9.98. The maximum absolute atomic E-state index is 13.0. The number of amides is 1. The van der Waals surface area contributed by atoms with E-state index in [1.165, 1.54) is 37.6 Å². The largest absolute Gasteiger partial charge is 0.467 e. The van der Waals surface area contributed by atoms with E-state index in [1.807, 2.05) is 0 Å². The van der Waals surface area contributed by atoms with E-state index in [-0.39, 0.29) is 18.1 Å². The van der Waals surface area contributed by atoms with Gasteiger partial charge in [-0.25, -0.2) is 4.79 Å². The molecule has 0 fully saturated rings. The minimum atomic E-state index is -4.62. The van der Waals surface area contributed by atoms with Crippen molar-refractivity contribution in [3.05, 3.63) is 35.4 Å². The maximum Gasteiger partial charge on any atom is 0.442 e. The molecule has 1 heterocycles. The van der Waals surface area contributed by atoms with Gasteiger partial charge in [-0.15, -0.1) is 10.2 Å². The molecule has 11 heteroatoms. The first-order valence-electron chi connectivity index (χ1n) is 7.89. The van der Waals surface area contributed by atoms with Crippen LogP contribution in [-0.4, -0.2) is 50.7 Å². The van der Waals surface area contributed by atoms with Crippen molar-refractivity contribution >= 4 is 19.0 Å². The molecule has 7 nitrogen and oxygen atoms in total. The molecule has 1 unspecified atom stereocenters. The van der Waals surface area contributed by atoms with Crippen LogP contribution in [0.25, 0.3) is 0 Å². The van der Waals surface area contributed by atoms with Crippen LogP contribution >= 0.6 is 7.14 Å². The van der Waals surface area contributed by atoms with Crippen LogP contribution in [0.1, 0.15) is 11.1 Å². The van der Waals surface area contributed by atoms with Gasteiger partial charge in [0.2, 0.25) is 5.91 Å². The summed E-state index contributed by atoms with van der Waals surface area (Å²) in [5.41, 5.74) is -2.14. The van der Waals surface area contributed by atoms with Gasteiger partial charge in [-0.1, -0.05) is 24.3 Å². The number of carbonyl (C=O) groups is 2. The van der Waals surface area contributed by atoms with Gasteiger partial charge in [-0.2, -0.15) is 13.2 Å². The molecule has 1 aliphatic rings. The number of esters is 1. The van der Waals surface area contributed by atoms with Crippen molar-refractivity contribution in [3.8, 4) is 0 Å². The zero-order valence-electron chi connectivity index (χ0n) is 14.9. The fourth-order valence-electron chi connectivity index (χ4n) is 2.47. The number of alkyl halides is 3. The minimum Gasteiger partial charge on any atom is -0.467 e. The summed E-state index contributed by atoms with van der Waals surface area (Å²) >= 11 is 0. The number of ether oxygens (including phenoxy) is 1. The van der Waals surface area contributed by atoms with Gasteiger partial charge < -0.3 is 14.6 Å². The van der Waals surface area contributed by atoms with Gasteiger partial charge in [0, 0.05) is 12.0 Å². The van der Waals surface area contributed by atoms with E-state index in [1.54, 1.807) is 0 Å². The van der Waals surface area contributed by atoms with Crippen LogP contribution in [0.5, 0.6) is 0 Å². The van der Waals surface area contributed by atoms with E-state index in [0.717, 1.165) is 7.11 Å². The fraction of sp³-hybridized carbons (Fsp3) is 0.500. The summed E-state index contributed by atoms with van der Waals surface area (Å²) in [7, 11) is -1.47. The molecule has 1 amide bonds. The number of hydrogen-bond donors (Lipinski definition) is 1. The normalized spacial score (nSPS) is 16.5. The molecular formula is C16H19F3N3O4P. The van der Waals surface area contributed by atoms with E-state index in [4.69, 9.17) is 0 Å². The summed E-state index contributed by atoms with van der Waals surface area (Å²) in [5, 5.41) is 8.70. The Morgan fingerprint density at radius 2 is 1.78 bits per heavy atom. The Morgan fingerprint density at radius 1 is 1.22 bits per heavy atom. The maximum atomic E-state index is 13.0. The highest BCUT2D eigenvalue weighted by atomic mass is 31.2. The fourth-order valence-corrected chi connectivity index (χ4v) is 3.26. The average Bonchev–Trinajstić information content (AvgIpc) is 3.34. The lowest BCUT2D eigenvalue weighted by molar-refractivity contribution is -0.166. The van der Waals surface area contributed by atoms with Gasteiger partial charge in [-0.3, -0.25) is 4.79 Å². The molecule has 1 atom stereocenters. The second kappa shape index (κ2) is 7.42. The molecule has 1 aromatic rings. The molecule has 0 aromatic heterocycles. The molecule has 27 heavy (non-hydrogen) atoms. The lowest BCUT2D eigenvalue weighted by Crippen LogP contribution is -2.44. The zero-order valence-corrected chi connectivity index (χ0v) is 15.8. The zero-order chi connectivity index (χ0) is 20.5. The first-order valence-corrected chi connectivity index (χ1v) is 10.7. The molecule has 148 valence electrons. The van der Waals surface area contributed by atoms with Gasteiger partial charge in [0.25, 0.3) is 0 Å². The van der Waals surface area contributed by atoms with Crippen LogP contribution in [0, 0.1) is 0 Å². The number of rotatable bonds is 7. The Kier molecular flexibility index (Phi) is 5.79. The molecule has 0 saturated carbocycles. The monoisotopic (exact) mass is 405 g/mol. The summed E-state index contributed by atoms with van der Waals surface area (Å²) in [6.45, 7) is 2.89. The molecule has 0 saturated heterocycles. The summed E-state index contributed by atoms with van der Waals surface area (Å²) in [6, 6.07) is 4.21. The number of benzene rings is 1. The van der Waals surface area contributed by atoms with Crippen LogP contribution in [0.3, 0.4) is 0 Å². The molecule has 0 bridgehead atoms. The third-order valence-electron chi connectivity index (χ3n) is 3.84. The SMILES string of the molecule is COC(=O)C(Cc1ccc(C2(C(F)(F)F)N=N2)cc1)NC(=O)CP(C)(C)=O. The van der Waals surface area contributed by atoms with Gasteiger partial charge >= 0.3 is 17.8 Å². The van der Waals surface area contributed by atoms with Gasteiger partial charge in [-0.05, 0) is 18.9 Å². The van der Waals surface area contributed by atoms with Gasteiger partial charge in [0.05, 0.1) is 20.4 Å². The van der Waals surface area contributed by atoms with E-state index >= 15 is 0 Å². The third-order valence-corrected chi connectivity index (χ3v) is 4.89. The Balaban J connectivity index is 2.10. The molecule has 2 rings (SSSR count). The summed E-state index contributed by atoms with van der Waals surface area (Å²) < 4.78 is 55.4. The molecule has 0 radical (unpaired) electrons.